The largest absolute Gasteiger partial charge is 0.456 e. The maximum atomic E-state index is 13.4. The molecule has 2 aliphatic heterocycles. The van der Waals surface area contributed by atoms with E-state index in [9.17, 15) is 19.2 Å². The van der Waals surface area contributed by atoms with Gasteiger partial charge >= 0.3 is 5.97 Å². The summed E-state index contributed by atoms with van der Waals surface area (Å²) in [5.41, 5.74) is 0.373. The van der Waals surface area contributed by atoms with Crippen LogP contribution in [0.1, 0.15) is 99.3 Å². The Bertz CT molecular complexity index is 1100. The summed E-state index contributed by atoms with van der Waals surface area (Å²) in [6, 6.07) is -0.906. The van der Waals surface area contributed by atoms with Crippen molar-refractivity contribution in [2.24, 2.45) is 15.9 Å². The summed E-state index contributed by atoms with van der Waals surface area (Å²) in [4.78, 5) is 61.3. The molecule has 2 amide bonds. The van der Waals surface area contributed by atoms with Crippen LogP contribution >= 0.6 is 23.5 Å². The lowest BCUT2D eigenvalue weighted by atomic mass is 10.0. The van der Waals surface area contributed by atoms with E-state index >= 15 is 0 Å². The number of ether oxygens (including phenoxy) is 1. The standard InChI is InChI=1S/C32H50N4O5S2/c1-7-10-11-12-13-17-27(38)42-18-15-14-16-24-19-26(37)33-20-23(8-2)34-25(9-3)29-36-32(6,21-43-29)31(40)35-28(22(4)5)30(39)41-24/h9,14,16,22,24,28H,7-8,10-13,15,17-21H2,1-6H3,(H,33,37)(H,35,40)/b16-14+,25-9-,34-23?. The third kappa shape index (κ3) is 12.6. The van der Waals surface area contributed by atoms with Crippen molar-refractivity contribution in [1.29, 1.82) is 0 Å². The normalized spacial score (nSPS) is 25.0. The maximum absolute atomic E-state index is 13.4. The Balaban J connectivity index is 2.17. The van der Waals surface area contributed by atoms with E-state index in [1.165, 1.54) is 42.8 Å². The lowest BCUT2D eigenvalue weighted by Crippen LogP contribution is -2.53. The van der Waals surface area contributed by atoms with E-state index in [1.54, 1.807) is 13.0 Å². The van der Waals surface area contributed by atoms with Crippen LogP contribution in [0, 0.1) is 5.92 Å². The van der Waals surface area contributed by atoms with Crippen LogP contribution in [-0.2, 0) is 23.9 Å². The van der Waals surface area contributed by atoms with Gasteiger partial charge in [0.15, 0.2) is 5.12 Å². The van der Waals surface area contributed by atoms with Crippen LogP contribution in [0.25, 0.3) is 0 Å². The minimum atomic E-state index is -1.06. The second-order valence-corrected chi connectivity index (χ2v) is 13.6. The van der Waals surface area contributed by atoms with Crippen LogP contribution in [0.15, 0.2) is 33.9 Å². The van der Waals surface area contributed by atoms with Gasteiger partial charge in [0.25, 0.3) is 0 Å². The van der Waals surface area contributed by atoms with Gasteiger partial charge in [0, 0.05) is 23.6 Å². The molecule has 0 aromatic carbocycles. The van der Waals surface area contributed by atoms with Crippen molar-refractivity contribution in [3.05, 3.63) is 23.9 Å². The fourth-order valence-electron chi connectivity index (χ4n) is 4.45. The van der Waals surface area contributed by atoms with Crippen molar-refractivity contribution < 1.29 is 23.9 Å². The molecule has 0 aliphatic carbocycles. The van der Waals surface area contributed by atoms with Gasteiger partial charge in [-0.05, 0) is 45.1 Å². The summed E-state index contributed by atoms with van der Waals surface area (Å²) in [5.74, 6) is -0.453. The number of thioether (sulfide) groups is 2. The first-order valence-corrected chi connectivity index (χ1v) is 17.6. The Hall–Kier alpha value is -2.40. The molecular formula is C32H50N4O5S2. The van der Waals surface area contributed by atoms with Crippen molar-refractivity contribution in [3.63, 3.8) is 0 Å². The molecule has 0 spiro atoms. The summed E-state index contributed by atoms with van der Waals surface area (Å²) in [5, 5.41) is 6.62. The number of hydrogen-bond donors (Lipinski definition) is 2. The first-order chi connectivity index (χ1) is 20.5. The predicted molar refractivity (Wildman–Crippen MR) is 179 cm³/mol. The maximum Gasteiger partial charge on any atom is 0.329 e. The molecular weight excluding hydrogens is 585 g/mol. The number of aliphatic imine (C=N–C) groups is 2. The second-order valence-electron chi connectivity index (χ2n) is 11.4. The lowest BCUT2D eigenvalue weighted by molar-refractivity contribution is -0.153. The van der Waals surface area contributed by atoms with Crippen LogP contribution in [0.5, 0.6) is 0 Å². The number of esters is 1. The molecule has 9 nitrogen and oxygen atoms in total. The number of carbonyl (C=O) groups excluding carboxylic acids is 4. The van der Waals surface area contributed by atoms with Crippen molar-refractivity contribution in [3.8, 4) is 0 Å². The smallest absolute Gasteiger partial charge is 0.329 e. The van der Waals surface area contributed by atoms with Crippen LogP contribution in [0.3, 0.4) is 0 Å². The van der Waals surface area contributed by atoms with Gasteiger partial charge in [-0.15, -0.1) is 11.8 Å². The molecule has 2 bridgehead atoms. The number of carbonyl (C=O) groups is 4. The molecule has 43 heavy (non-hydrogen) atoms. The number of cyclic esters (lactones) is 1. The van der Waals surface area contributed by atoms with Gasteiger partial charge in [0.05, 0.1) is 18.7 Å². The topological polar surface area (TPSA) is 126 Å². The van der Waals surface area contributed by atoms with E-state index in [1.807, 2.05) is 39.8 Å². The van der Waals surface area contributed by atoms with Crippen LogP contribution in [-0.4, -0.2) is 69.4 Å². The Morgan fingerprint density at radius 1 is 1.19 bits per heavy atom. The Morgan fingerprint density at radius 3 is 2.60 bits per heavy atom. The van der Waals surface area contributed by atoms with E-state index in [-0.39, 0.29) is 35.8 Å². The molecule has 0 saturated carbocycles. The van der Waals surface area contributed by atoms with Crippen molar-refractivity contribution in [2.45, 2.75) is 117 Å². The average Bonchev–Trinajstić information content (AvgIpc) is 3.37. The highest BCUT2D eigenvalue weighted by atomic mass is 32.2. The molecule has 2 N–H and O–H groups in total. The Labute approximate surface area is 266 Å². The number of fused-ring (bicyclic) bond motifs is 1. The SMILES string of the molecule is C/C=C1\N=C(CC)CNC(=O)CC(/C=C/CCSC(=O)CCCCCCC)OC(=O)C(C(C)C)NC(=O)C2(C)CSC1=N2. The zero-order chi connectivity index (χ0) is 31.8. The molecule has 3 unspecified atom stereocenters. The number of nitrogens with zero attached hydrogens (tertiary/aromatic N) is 2. The minimum absolute atomic E-state index is 0.0709. The molecule has 0 fully saturated rings. The monoisotopic (exact) mass is 634 g/mol. The van der Waals surface area contributed by atoms with Crippen molar-refractivity contribution >= 4 is 57.2 Å². The van der Waals surface area contributed by atoms with Gasteiger partial charge in [0.2, 0.25) is 11.8 Å². The number of rotatable bonds is 12. The van der Waals surface area contributed by atoms with Crippen molar-refractivity contribution in [2.75, 3.05) is 18.1 Å². The Morgan fingerprint density at radius 2 is 1.93 bits per heavy atom. The number of nitrogens with one attached hydrogen (secondary N) is 2. The van der Waals surface area contributed by atoms with Gasteiger partial charge in [0.1, 0.15) is 22.7 Å². The van der Waals surface area contributed by atoms with Crippen molar-refractivity contribution in [1.82, 2.24) is 10.6 Å². The van der Waals surface area contributed by atoms with Gasteiger partial charge < -0.3 is 15.4 Å². The zero-order valence-corrected chi connectivity index (χ0v) is 28.3. The summed E-state index contributed by atoms with van der Waals surface area (Å²) in [7, 11) is 0. The van der Waals surface area contributed by atoms with Gasteiger partial charge in [-0.25, -0.2) is 4.79 Å². The molecule has 11 heteroatoms. The molecule has 0 aromatic heterocycles. The highest BCUT2D eigenvalue weighted by Gasteiger charge is 2.41. The fourth-order valence-corrected chi connectivity index (χ4v) is 6.41. The number of amides is 2. The highest BCUT2D eigenvalue weighted by molar-refractivity contribution is 8.14. The average molecular weight is 635 g/mol. The quantitative estimate of drug-likeness (QED) is 0.158. The summed E-state index contributed by atoms with van der Waals surface area (Å²) >= 11 is 2.76. The van der Waals surface area contributed by atoms with E-state index in [0.29, 0.717) is 41.5 Å². The van der Waals surface area contributed by atoms with Crippen LogP contribution in [0.2, 0.25) is 0 Å². The van der Waals surface area contributed by atoms with E-state index in [2.05, 4.69) is 17.6 Å². The van der Waals surface area contributed by atoms with E-state index in [4.69, 9.17) is 14.7 Å². The molecule has 2 aliphatic rings. The fraction of sp³-hybridized carbons (Fsp3) is 0.688. The molecule has 3 atom stereocenters. The summed E-state index contributed by atoms with van der Waals surface area (Å²) < 4.78 is 5.80. The lowest BCUT2D eigenvalue weighted by Gasteiger charge is -2.27. The Kier molecular flexibility index (Phi) is 16.3. The minimum Gasteiger partial charge on any atom is -0.456 e. The summed E-state index contributed by atoms with van der Waals surface area (Å²) in [6.45, 7) is 11.7. The predicted octanol–water partition coefficient (Wildman–Crippen LogP) is 5.78. The van der Waals surface area contributed by atoms with Gasteiger partial charge in [-0.2, -0.15) is 0 Å². The number of unbranched alkanes of at least 4 members (excludes halogenated alkanes) is 4. The van der Waals surface area contributed by atoms with Gasteiger partial charge in [-0.1, -0.05) is 77.3 Å². The summed E-state index contributed by atoms with van der Waals surface area (Å²) in [6.07, 6.45) is 11.9. The van der Waals surface area contributed by atoms with Crippen LogP contribution in [0.4, 0.5) is 0 Å². The second kappa shape index (κ2) is 19.1. The first kappa shape index (κ1) is 36.8. The molecule has 0 radical (unpaired) electrons. The van der Waals surface area contributed by atoms with E-state index in [0.717, 1.165) is 18.6 Å². The van der Waals surface area contributed by atoms with E-state index < -0.39 is 23.7 Å². The molecule has 0 saturated heterocycles. The first-order valence-electron chi connectivity index (χ1n) is 15.6. The highest BCUT2D eigenvalue weighted by Crippen LogP contribution is 2.32. The third-order valence-electron chi connectivity index (χ3n) is 7.24. The molecule has 0 aromatic rings. The van der Waals surface area contributed by atoms with Crippen LogP contribution < -0.4 is 10.6 Å². The zero-order valence-electron chi connectivity index (χ0n) is 26.7. The molecule has 2 heterocycles. The molecule has 240 valence electrons. The number of allylic oxidation sites excluding steroid dienone is 2. The van der Waals surface area contributed by atoms with Gasteiger partial charge in [-0.3, -0.25) is 24.4 Å². The number of hydrogen-bond acceptors (Lipinski definition) is 9. The molecule has 2 rings (SSSR count). The third-order valence-corrected chi connectivity index (χ3v) is 9.49.